The van der Waals surface area contributed by atoms with Crippen molar-refractivity contribution < 1.29 is 4.79 Å². The quantitative estimate of drug-likeness (QED) is 0.762. The van der Waals surface area contributed by atoms with Crippen LogP contribution >= 0.6 is 0 Å². The fourth-order valence-corrected chi connectivity index (χ4v) is 2.83. The highest BCUT2D eigenvalue weighted by atomic mass is 16.1. The fraction of sp³-hybridized carbons (Fsp3) is 0.923. The number of ketones is 1. The van der Waals surface area contributed by atoms with Crippen molar-refractivity contribution in [1.82, 2.24) is 10.6 Å². The van der Waals surface area contributed by atoms with Crippen molar-refractivity contribution in [3.05, 3.63) is 0 Å². The van der Waals surface area contributed by atoms with Gasteiger partial charge in [0, 0.05) is 24.9 Å². The second-order valence-corrected chi connectivity index (χ2v) is 5.24. The lowest BCUT2D eigenvalue weighted by atomic mass is 9.94. The molecule has 0 aliphatic carbocycles. The van der Waals surface area contributed by atoms with Crippen LogP contribution in [-0.4, -0.2) is 31.0 Å². The molecule has 2 rings (SSSR count). The van der Waals surface area contributed by atoms with Crippen LogP contribution in [0.2, 0.25) is 0 Å². The minimum Gasteiger partial charge on any atom is -0.314 e. The zero-order valence-corrected chi connectivity index (χ0v) is 10.1. The molecule has 3 nitrogen and oxygen atoms in total. The van der Waals surface area contributed by atoms with Gasteiger partial charge in [-0.25, -0.2) is 0 Å². The van der Waals surface area contributed by atoms with E-state index in [-0.39, 0.29) is 0 Å². The van der Waals surface area contributed by atoms with Crippen LogP contribution in [0.5, 0.6) is 0 Å². The molecule has 92 valence electrons. The van der Waals surface area contributed by atoms with Crippen LogP contribution in [0.3, 0.4) is 0 Å². The zero-order chi connectivity index (χ0) is 11.2. The Bertz CT molecular complexity index is 196. The second-order valence-electron chi connectivity index (χ2n) is 5.24. The number of hydrogen-bond donors (Lipinski definition) is 2. The molecule has 0 aromatic carbocycles. The molecule has 0 spiro atoms. The van der Waals surface area contributed by atoms with Gasteiger partial charge in [0.25, 0.3) is 0 Å². The third kappa shape index (κ3) is 3.87. The smallest absolute Gasteiger partial charge is 0.136 e. The predicted molar refractivity (Wildman–Crippen MR) is 65.5 cm³/mol. The normalized spacial score (nSPS) is 31.2. The Labute approximate surface area is 98.4 Å². The van der Waals surface area contributed by atoms with Crippen LogP contribution in [0.4, 0.5) is 0 Å². The molecule has 2 saturated heterocycles. The fourth-order valence-electron chi connectivity index (χ4n) is 2.83. The van der Waals surface area contributed by atoms with Crippen LogP contribution in [0, 0.1) is 0 Å². The van der Waals surface area contributed by atoms with E-state index in [9.17, 15) is 4.79 Å². The first kappa shape index (κ1) is 12.1. The van der Waals surface area contributed by atoms with Gasteiger partial charge in [-0.3, -0.25) is 4.79 Å². The minimum absolute atomic E-state index is 0.443. The van der Waals surface area contributed by atoms with Crippen LogP contribution < -0.4 is 10.6 Å². The Morgan fingerprint density at radius 3 is 1.75 bits per heavy atom. The topological polar surface area (TPSA) is 41.1 Å². The monoisotopic (exact) mass is 224 g/mol. The molecule has 0 radical (unpaired) electrons. The van der Waals surface area contributed by atoms with Crippen molar-refractivity contribution in [3.63, 3.8) is 0 Å². The van der Waals surface area contributed by atoms with Crippen molar-refractivity contribution in [2.45, 2.75) is 63.5 Å². The van der Waals surface area contributed by atoms with E-state index in [2.05, 4.69) is 10.6 Å². The summed E-state index contributed by atoms with van der Waals surface area (Å²) in [4.78, 5) is 11.9. The van der Waals surface area contributed by atoms with Gasteiger partial charge < -0.3 is 10.6 Å². The molecule has 2 N–H and O–H groups in total. The van der Waals surface area contributed by atoms with E-state index in [1.165, 1.54) is 38.5 Å². The summed E-state index contributed by atoms with van der Waals surface area (Å²) in [6.07, 6.45) is 8.98. The number of Topliss-reactive ketones (excluding diaryl/α,β-unsaturated/α-hetero) is 1. The van der Waals surface area contributed by atoms with Crippen molar-refractivity contribution in [1.29, 1.82) is 0 Å². The van der Waals surface area contributed by atoms with Crippen LogP contribution in [0.25, 0.3) is 0 Å². The molecule has 2 atom stereocenters. The van der Waals surface area contributed by atoms with Gasteiger partial charge in [-0.2, -0.15) is 0 Å². The lowest BCUT2D eigenvalue weighted by molar-refractivity contribution is -0.120. The molecule has 2 aliphatic rings. The number of hydrogen-bond acceptors (Lipinski definition) is 3. The number of carbonyl (C=O) groups is 1. The third-order valence-corrected chi connectivity index (χ3v) is 3.77. The molecule has 3 heteroatoms. The van der Waals surface area contributed by atoms with Crippen LogP contribution in [0.15, 0.2) is 0 Å². The lowest BCUT2D eigenvalue weighted by Gasteiger charge is -2.25. The van der Waals surface area contributed by atoms with Crippen molar-refractivity contribution in [2.75, 3.05) is 13.1 Å². The Kier molecular flexibility index (Phi) is 4.79. The maximum Gasteiger partial charge on any atom is 0.136 e. The van der Waals surface area contributed by atoms with Gasteiger partial charge in [0.1, 0.15) is 5.78 Å². The summed E-state index contributed by atoms with van der Waals surface area (Å²) in [6, 6.07) is 0.926. The number of nitrogens with one attached hydrogen (secondary N) is 2. The van der Waals surface area contributed by atoms with Crippen LogP contribution in [0.1, 0.15) is 51.4 Å². The molecule has 0 saturated carbocycles. The first-order valence-electron chi connectivity index (χ1n) is 6.83. The Morgan fingerprint density at radius 2 is 1.38 bits per heavy atom. The van der Waals surface area contributed by atoms with E-state index in [4.69, 9.17) is 0 Å². The van der Waals surface area contributed by atoms with E-state index in [1.54, 1.807) is 0 Å². The molecular formula is C13H24N2O. The lowest BCUT2D eigenvalue weighted by Crippen LogP contribution is -2.39. The molecule has 0 amide bonds. The molecular weight excluding hydrogens is 200 g/mol. The molecule has 16 heavy (non-hydrogen) atoms. The Balaban J connectivity index is 1.66. The van der Waals surface area contributed by atoms with Gasteiger partial charge in [-0.15, -0.1) is 0 Å². The van der Waals surface area contributed by atoms with Crippen LogP contribution in [-0.2, 0) is 4.79 Å². The summed E-state index contributed by atoms with van der Waals surface area (Å²) in [5.41, 5.74) is 0. The summed E-state index contributed by atoms with van der Waals surface area (Å²) >= 11 is 0. The Morgan fingerprint density at radius 1 is 0.875 bits per heavy atom. The molecule has 0 unspecified atom stereocenters. The van der Waals surface area contributed by atoms with Gasteiger partial charge in [0.05, 0.1) is 0 Å². The first-order valence-corrected chi connectivity index (χ1v) is 6.83. The summed E-state index contributed by atoms with van der Waals surface area (Å²) in [5, 5.41) is 6.89. The maximum absolute atomic E-state index is 11.9. The largest absolute Gasteiger partial charge is 0.314 e. The SMILES string of the molecule is O=C(C[C@@H]1CCCCN1)C[C@@H]1CCCCN1. The highest BCUT2D eigenvalue weighted by Crippen LogP contribution is 2.15. The molecule has 2 heterocycles. The van der Waals surface area contributed by atoms with E-state index in [1.807, 2.05) is 0 Å². The van der Waals surface area contributed by atoms with Gasteiger partial charge >= 0.3 is 0 Å². The maximum atomic E-state index is 11.9. The van der Waals surface area contributed by atoms with Gasteiger partial charge in [-0.1, -0.05) is 12.8 Å². The third-order valence-electron chi connectivity index (χ3n) is 3.77. The van der Waals surface area contributed by atoms with E-state index in [0.717, 1.165) is 25.9 Å². The van der Waals surface area contributed by atoms with Crippen molar-refractivity contribution >= 4 is 5.78 Å². The minimum atomic E-state index is 0.443. The summed E-state index contributed by atoms with van der Waals surface area (Å²) in [7, 11) is 0. The highest BCUT2D eigenvalue weighted by molar-refractivity contribution is 5.79. The zero-order valence-electron chi connectivity index (χ0n) is 10.1. The van der Waals surface area contributed by atoms with Crippen molar-refractivity contribution in [2.24, 2.45) is 0 Å². The average Bonchev–Trinajstić information content (AvgIpc) is 2.31. The molecule has 0 bridgehead atoms. The molecule has 0 aromatic heterocycles. The number of rotatable bonds is 4. The van der Waals surface area contributed by atoms with E-state index in [0.29, 0.717) is 17.9 Å². The molecule has 2 aliphatic heterocycles. The number of piperidine rings is 2. The van der Waals surface area contributed by atoms with Gasteiger partial charge in [0.15, 0.2) is 0 Å². The van der Waals surface area contributed by atoms with Gasteiger partial charge in [0.2, 0.25) is 0 Å². The second kappa shape index (κ2) is 6.36. The molecule has 0 aromatic rings. The summed E-state index contributed by atoms with van der Waals surface area (Å²) in [5.74, 6) is 0.443. The standard InChI is InChI=1S/C13H24N2O/c16-13(9-11-5-1-3-7-14-11)10-12-6-2-4-8-15-12/h11-12,14-15H,1-10H2/t11-,12-/m0/s1. The summed E-state index contributed by atoms with van der Waals surface area (Å²) < 4.78 is 0. The Hall–Kier alpha value is -0.410. The predicted octanol–water partition coefficient (Wildman–Crippen LogP) is 1.62. The number of carbonyl (C=O) groups excluding carboxylic acids is 1. The first-order chi connectivity index (χ1) is 7.84. The summed E-state index contributed by atoms with van der Waals surface area (Å²) in [6.45, 7) is 2.19. The van der Waals surface area contributed by atoms with E-state index >= 15 is 0 Å². The average molecular weight is 224 g/mol. The molecule has 2 fully saturated rings. The van der Waals surface area contributed by atoms with E-state index < -0.39 is 0 Å². The van der Waals surface area contributed by atoms with Crippen molar-refractivity contribution in [3.8, 4) is 0 Å². The highest BCUT2D eigenvalue weighted by Gasteiger charge is 2.20. The van der Waals surface area contributed by atoms with Gasteiger partial charge in [-0.05, 0) is 38.8 Å².